The van der Waals surface area contributed by atoms with Crippen LogP contribution in [0.2, 0.25) is 0 Å². The molecule has 1 saturated carbocycles. The van der Waals surface area contributed by atoms with E-state index in [-0.39, 0.29) is 11.8 Å². The van der Waals surface area contributed by atoms with Crippen molar-refractivity contribution >= 4 is 5.91 Å². The summed E-state index contributed by atoms with van der Waals surface area (Å²) in [5.74, 6) is 0.376. The molecule has 1 fully saturated rings. The van der Waals surface area contributed by atoms with Crippen molar-refractivity contribution in [3.63, 3.8) is 0 Å². The summed E-state index contributed by atoms with van der Waals surface area (Å²) in [6, 6.07) is 0. The maximum Gasteiger partial charge on any atom is 0.237 e. The van der Waals surface area contributed by atoms with Gasteiger partial charge in [-0.15, -0.1) is 0 Å². The molecule has 0 aromatic rings. The van der Waals surface area contributed by atoms with Gasteiger partial charge in [-0.1, -0.05) is 26.7 Å². The van der Waals surface area contributed by atoms with Crippen LogP contribution in [-0.2, 0) is 4.79 Å². The molecule has 3 heteroatoms. The van der Waals surface area contributed by atoms with Gasteiger partial charge in [-0.2, -0.15) is 0 Å². The zero-order valence-corrected chi connectivity index (χ0v) is 7.84. The fourth-order valence-electron chi connectivity index (χ4n) is 2.05. The van der Waals surface area contributed by atoms with Crippen molar-refractivity contribution in [1.29, 1.82) is 0 Å². The van der Waals surface area contributed by atoms with E-state index in [9.17, 15) is 4.79 Å². The average Bonchev–Trinajstić information content (AvgIpc) is 2.00. The van der Waals surface area contributed by atoms with Crippen LogP contribution < -0.4 is 11.5 Å². The predicted octanol–water partition coefficient (Wildman–Crippen LogP) is 0.625. The van der Waals surface area contributed by atoms with E-state index in [4.69, 9.17) is 11.5 Å². The van der Waals surface area contributed by atoms with Gasteiger partial charge >= 0.3 is 0 Å². The molecule has 3 nitrogen and oxygen atoms in total. The molecule has 0 saturated heterocycles. The molecule has 0 spiro atoms. The molecule has 3 atom stereocenters. The molecule has 1 rings (SSSR count). The van der Waals surface area contributed by atoms with Crippen molar-refractivity contribution in [1.82, 2.24) is 0 Å². The SMILES string of the molecule is CC1CCCC(N)(C(N)=O)C1C. The first-order valence-corrected chi connectivity index (χ1v) is 4.57. The first-order chi connectivity index (χ1) is 5.48. The second kappa shape index (κ2) is 3.05. The summed E-state index contributed by atoms with van der Waals surface area (Å²) in [5, 5.41) is 0. The molecule has 70 valence electrons. The Kier molecular flexibility index (Phi) is 2.42. The number of rotatable bonds is 1. The summed E-state index contributed by atoms with van der Waals surface area (Å²) in [6.07, 6.45) is 2.92. The lowest BCUT2D eigenvalue weighted by Crippen LogP contribution is -2.59. The van der Waals surface area contributed by atoms with Gasteiger partial charge in [0.05, 0.1) is 5.54 Å². The van der Waals surface area contributed by atoms with Gasteiger partial charge in [-0.3, -0.25) is 4.79 Å². The number of hydrogen-bond donors (Lipinski definition) is 2. The Morgan fingerprint density at radius 3 is 2.50 bits per heavy atom. The summed E-state index contributed by atoms with van der Waals surface area (Å²) in [4.78, 5) is 11.1. The van der Waals surface area contributed by atoms with Crippen molar-refractivity contribution < 1.29 is 4.79 Å². The van der Waals surface area contributed by atoms with Crippen LogP contribution >= 0.6 is 0 Å². The molecule has 12 heavy (non-hydrogen) atoms. The normalized spacial score (nSPS) is 42.6. The number of primary amides is 1. The van der Waals surface area contributed by atoms with Gasteiger partial charge in [-0.25, -0.2) is 0 Å². The lowest BCUT2D eigenvalue weighted by molar-refractivity contribution is -0.127. The summed E-state index contributed by atoms with van der Waals surface area (Å²) < 4.78 is 0. The van der Waals surface area contributed by atoms with Crippen LogP contribution in [-0.4, -0.2) is 11.4 Å². The molecule has 3 unspecified atom stereocenters. The van der Waals surface area contributed by atoms with E-state index in [1.165, 1.54) is 0 Å². The molecule has 1 aliphatic carbocycles. The maximum atomic E-state index is 11.1. The molecule has 1 amide bonds. The standard InChI is InChI=1S/C9H18N2O/c1-6-4-3-5-9(11,7(6)2)8(10)12/h6-7H,3-5,11H2,1-2H3,(H2,10,12). The number of amides is 1. The van der Waals surface area contributed by atoms with Crippen LogP contribution in [0.25, 0.3) is 0 Å². The first kappa shape index (κ1) is 9.52. The van der Waals surface area contributed by atoms with Crippen molar-refractivity contribution in [3.8, 4) is 0 Å². The maximum absolute atomic E-state index is 11.1. The summed E-state index contributed by atoms with van der Waals surface area (Å²) in [5.41, 5.74) is 10.5. The van der Waals surface area contributed by atoms with Gasteiger partial charge in [0.25, 0.3) is 0 Å². The van der Waals surface area contributed by atoms with Gasteiger partial charge in [0, 0.05) is 0 Å². The molecule has 0 aliphatic heterocycles. The van der Waals surface area contributed by atoms with Crippen LogP contribution in [0.4, 0.5) is 0 Å². The highest BCUT2D eigenvalue weighted by Gasteiger charge is 2.42. The summed E-state index contributed by atoms with van der Waals surface area (Å²) >= 11 is 0. The minimum Gasteiger partial charge on any atom is -0.368 e. The smallest absolute Gasteiger partial charge is 0.237 e. The van der Waals surface area contributed by atoms with E-state index in [2.05, 4.69) is 6.92 Å². The third-order valence-corrected chi connectivity index (χ3v) is 3.37. The van der Waals surface area contributed by atoms with E-state index >= 15 is 0 Å². The van der Waals surface area contributed by atoms with Crippen molar-refractivity contribution in [2.45, 2.75) is 38.6 Å². The minimum absolute atomic E-state index is 0.212. The van der Waals surface area contributed by atoms with Gasteiger partial charge in [-0.05, 0) is 18.3 Å². The molecular weight excluding hydrogens is 152 g/mol. The molecule has 0 aromatic heterocycles. The monoisotopic (exact) mass is 170 g/mol. The van der Waals surface area contributed by atoms with Crippen LogP contribution in [0.3, 0.4) is 0 Å². The Hall–Kier alpha value is -0.570. The topological polar surface area (TPSA) is 69.1 Å². The van der Waals surface area contributed by atoms with Crippen LogP contribution in [0, 0.1) is 11.8 Å². The second-order valence-corrected chi connectivity index (χ2v) is 4.06. The van der Waals surface area contributed by atoms with Gasteiger partial charge in [0.15, 0.2) is 0 Å². The number of hydrogen-bond acceptors (Lipinski definition) is 2. The lowest BCUT2D eigenvalue weighted by atomic mass is 9.68. The zero-order valence-electron chi connectivity index (χ0n) is 7.84. The van der Waals surface area contributed by atoms with Crippen molar-refractivity contribution in [3.05, 3.63) is 0 Å². The quantitative estimate of drug-likeness (QED) is 0.606. The highest BCUT2D eigenvalue weighted by molar-refractivity contribution is 5.84. The highest BCUT2D eigenvalue weighted by Crippen LogP contribution is 2.35. The van der Waals surface area contributed by atoms with E-state index < -0.39 is 5.54 Å². The fraction of sp³-hybridized carbons (Fsp3) is 0.889. The van der Waals surface area contributed by atoms with Crippen molar-refractivity contribution in [2.24, 2.45) is 23.3 Å². The molecule has 0 heterocycles. The fourth-order valence-corrected chi connectivity index (χ4v) is 2.05. The molecular formula is C9H18N2O. The van der Waals surface area contributed by atoms with Gasteiger partial charge < -0.3 is 11.5 Å². The van der Waals surface area contributed by atoms with Gasteiger partial charge in [0.2, 0.25) is 5.91 Å². The third-order valence-electron chi connectivity index (χ3n) is 3.37. The molecule has 1 aliphatic rings. The largest absolute Gasteiger partial charge is 0.368 e. The van der Waals surface area contributed by atoms with Crippen LogP contribution in [0.15, 0.2) is 0 Å². The Bertz CT molecular complexity index is 193. The highest BCUT2D eigenvalue weighted by atomic mass is 16.1. The van der Waals surface area contributed by atoms with E-state index in [1.54, 1.807) is 0 Å². The lowest BCUT2D eigenvalue weighted by Gasteiger charge is -2.40. The molecule has 0 bridgehead atoms. The number of carbonyl (C=O) groups excluding carboxylic acids is 1. The molecule has 0 aromatic carbocycles. The first-order valence-electron chi connectivity index (χ1n) is 4.57. The molecule has 0 radical (unpaired) electrons. The Morgan fingerprint density at radius 1 is 1.50 bits per heavy atom. The zero-order chi connectivity index (χ0) is 9.35. The summed E-state index contributed by atoms with van der Waals surface area (Å²) in [6.45, 7) is 4.16. The van der Waals surface area contributed by atoms with Crippen molar-refractivity contribution in [2.75, 3.05) is 0 Å². The third kappa shape index (κ3) is 1.33. The Balaban J connectivity index is 2.81. The Morgan fingerprint density at radius 2 is 2.08 bits per heavy atom. The predicted molar refractivity (Wildman–Crippen MR) is 48.3 cm³/mol. The minimum atomic E-state index is -0.752. The van der Waals surface area contributed by atoms with E-state index in [0.29, 0.717) is 5.92 Å². The number of carbonyl (C=O) groups is 1. The van der Waals surface area contributed by atoms with Gasteiger partial charge in [0.1, 0.15) is 0 Å². The number of nitrogens with two attached hydrogens (primary N) is 2. The molecule has 4 N–H and O–H groups in total. The second-order valence-electron chi connectivity index (χ2n) is 4.06. The van der Waals surface area contributed by atoms with Crippen LogP contribution in [0.5, 0.6) is 0 Å². The Labute approximate surface area is 73.5 Å². The average molecular weight is 170 g/mol. The summed E-state index contributed by atoms with van der Waals surface area (Å²) in [7, 11) is 0. The van der Waals surface area contributed by atoms with Crippen LogP contribution in [0.1, 0.15) is 33.1 Å². The van der Waals surface area contributed by atoms with E-state index in [1.807, 2.05) is 6.92 Å². The van der Waals surface area contributed by atoms with E-state index in [0.717, 1.165) is 19.3 Å².